The molecule has 0 aromatic heterocycles. The number of aryl methyl sites for hydroxylation is 1. The monoisotopic (exact) mass is 489 g/mol. The van der Waals surface area contributed by atoms with Crippen LogP contribution < -0.4 is 5.32 Å². The van der Waals surface area contributed by atoms with Gasteiger partial charge in [0, 0.05) is 11.6 Å². The van der Waals surface area contributed by atoms with E-state index in [1.807, 2.05) is 6.07 Å². The first-order valence-corrected chi connectivity index (χ1v) is 12.1. The first-order chi connectivity index (χ1) is 15.7. The summed E-state index contributed by atoms with van der Waals surface area (Å²) in [5.74, 6) is -1.90. The van der Waals surface area contributed by atoms with Gasteiger partial charge in [-0.3, -0.25) is 0 Å². The SMILES string of the molecule is O=C(O)c1cc(S(=O)(=O)c2ccc(CCCNC[C@@H](O)c3cccc(Cl)c3)cc2)ccc1O. The van der Waals surface area contributed by atoms with Gasteiger partial charge in [0.1, 0.15) is 11.3 Å². The van der Waals surface area contributed by atoms with Crippen molar-refractivity contribution in [3.8, 4) is 5.75 Å². The first kappa shape index (κ1) is 24.7. The predicted molar refractivity (Wildman–Crippen MR) is 125 cm³/mol. The minimum absolute atomic E-state index is 0.0380. The van der Waals surface area contributed by atoms with Gasteiger partial charge in [0.05, 0.1) is 15.9 Å². The average molecular weight is 490 g/mol. The lowest BCUT2D eigenvalue weighted by Gasteiger charge is -2.12. The topological polar surface area (TPSA) is 124 Å². The molecule has 174 valence electrons. The highest BCUT2D eigenvalue weighted by Gasteiger charge is 2.21. The van der Waals surface area contributed by atoms with E-state index >= 15 is 0 Å². The lowest BCUT2D eigenvalue weighted by molar-refractivity contribution is 0.0693. The fraction of sp³-hybridized carbons (Fsp3) is 0.208. The van der Waals surface area contributed by atoms with Crippen molar-refractivity contribution in [2.24, 2.45) is 0 Å². The Kier molecular flexibility index (Phi) is 8.10. The Morgan fingerprint density at radius 2 is 1.70 bits per heavy atom. The Morgan fingerprint density at radius 1 is 1.00 bits per heavy atom. The lowest BCUT2D eigenvalue weighted by atomic mass is 10.1. The summed E-state index contributed by atoms with van der Waals surface area (Å²) in [4.78, 5) is 11.0. The number of hydrogen-bond donors (Lipinski definition) is 4. The van der Waals surface area contributed by atoms with Gasteiger partial charge < -0.3 is 20.6 Å². The van der Waals surface area contributed by atoms with Crippen LogP contribution >= 0.6 is 11.6 Å². The second kappa shape index (κ2) is 10.8. The fourth-order valence-electron chi connectivity index (χ4n) is 3.31. The molecule has 3 aromatic rings. The zero-order valence-corrected chi connectivity index (χ0v) is 19.2. The summed E-state index contributed by atoms with van der Waals surface area (Å²) in [6.07, 6.45) is 0.840. The summed E-state index contributed by atoms with van der Waals surface area (Å²) in [7, 11) is -3.92. The zero-order chi connectivity index (χ0) is 24.0. The number of aliphatic hydroxyl groups excluding tert-OH is 1. The van der Waals surface area contributed by atoms with Crippen molar-refractivity contribution in [1.82, 2.24) is 5.32 Å². The predicted octanol–water partition coefficient (Wildman–Crippen LogP) is 3.83. The van der Waals surface area contributed by atoms with Gasteiger partial charge in [-0.2, -0.15) is 0 Å². The molecule has 4 N–H and O–H groups in total. The van der Waals surface area contributed by atoms with Gasteiger partial charge in [-0.1, -0.05) is 35.9 Å². The van der Waals surface area contributed by atoms with Gasteiger partial charge in [-0.05, 0) is 73.0 Å². The molecule has 0 saturated carbocycles. The Balaban J connectivity index is 1.54. The Hall–Kier alpha value is -2.91. The minimum Gasteiger partial charge on any atom is -0.507 e. The number of halogens is 1. The van der Waals surface area contributed by atoms with Crippen molar-refractivity contribution in [2.45, 2.75) is 28.7 Å². The van der Waals surface area contributed by atoms with Gasteiger partial charge in [-0.15, -0.1) is 0 Å². The van der Waals surface area contributed by atoms with E-state index in [1.165, 1.54) is 18.2 Å². The average Bonchev–Trinajstić information content (AvgIpc) is 2.79. The van der Waals surface area contributed by atoms with Crippen LogP contribution in [0.4, 0.5) is 0 Å². The molecular weight excluding hydrogens is 466 g/mol. The molecular formula is C24H24ClNO6S. The molecule has 0 aliphatic rings. The highest BCUT2D eigenvalue weighted by molar-refractivity contribution is 7.91. The van der Waals surface area contributed by atoms with E-state index in [2.05, 4.69) is 5.32 Å². The van der Waals surface area contributed by atoms with Gasteiger partial charge in [-0.25, -0.2) is 13.2 Å². The zero-order valence-electron chi connectivity index (χ0n) is 17.6. The number of hydrogen-bond acceptors (Lipinski definition) is 6. The standard InChI is InChI=1S/C24H24ClNO6S/c25-18-5-1-4-17(13-18)23(28)15-26-12-2-3-16-6-8-19(9-7-16)33(31,32)20-10-11-22(27)21(14-20)24(29)30/h1,4-11,13-14,23,26-28H,2-3,12,15H2,(H,29,30)/t23-/m1/s1. The molecule has 0 aliphatic heterocycles. The summed E-state index contributed by atoms with van der Waals surface area (Å²) < 4.78 is 25.6. The van der Waals surface area contributed by atoms with Crippen molar-refractivity contribution < 1.29 is 28.5 Å². The van der Waals surface area contributed by atoms with Crippen LogP contribution in [0.25, 0.3) is 0 Å². The molecule has 0 radical (unpaired) electrons. The summed E-state index contributed by atoms with van der Waals surface area (Å²) in [5.41, 5.74) is 1.22. The molecule has 9 heteroatoms. The molecule has 3 rings (SSSR count). The number of nitrogens with one attached hydrogen (secondary N) is 1. The number of carboxylic acids is 1. The van der Waals surface area contributed by atoms with E-state index in [9.17, 15) is 23.4 Å². The number of aliphatic hydroxyl groups is 1. The largest absolute Gasteiger partial charge is 0.507 e. The Morgan fingerprint density at radius 3 is 2.36 bits per heavy atom. The second-order valence-corrected chi connectivity index (χ2v) is 9.90. The van der Waals surface area contributed by atoms with Crippen LogP contribution in [0, 0.1) is 0 Å². The van der Waals surface area contributed by atoms with Gasteiger partial charge in [0.15, 0.2) is 0 Å². The third-order valence-electron chi connectivity index (χ3n) is 5.13. The third-order valence-corrected chi connectivity index (χ3v) is 7.13. The molecule has 1 atom stereocenters. The molecule has 3 aromatic carbocycles. The number of aromatic carboxylic acids is 1. The van der Waals surface area contributed by atoms with E-state index < -0.39 is 33.2 Å². The molecule has 0 fully saturated rings. The van der Waals surface area contributed by atoms with Crippen molar-refractivity contribution in [2.75, 3.05) is 13.1 Å². The van der Waals surface area contributed by atoms with Crippen molar-refractivity contribution in [3.05, 3.63) is 88.4 Å². The molecule has 0 saturated heterocycles. The van der Waals surface area contributed by atoms with Gasteiger partial charge in [0.25, 0.3) is 0 Å². The van der Waals surface area contributed by atoms with Crippen LogP contribution in [0.3, 0.4) is 0 Å². The number of phenols is 1. The van der Waals surface area contributed by atoms with Crippen LogP contribution in [0.2, 0.25) is 5.02 Å². The van der Waals surface area contributed by atoms with Gasteiger partial charge >= 0.3 is 5.97 Å². The van der Waals surface area contributed by atoms with E-state index in [0.717, 1.165) is 29.7 Å². The summed E-state index contributed by atoms with van der Waals surface area (Å²) >= 11 is 5.94. The van der Waals surface area contributed by atoms with E-state index in [-0.39, 0.29) is 9.79 Å². The first-order valence-electron chi connectivity index (χ1n) is 10.2. The number of carbonyl (C=O) groups is 1. The summed E-state index contributed by atoms with van der Waals surface area (Å²) in [6, 6.07) is 16.6. The number of sulfone groups is 1. The molecule has 0 spiro atoms. The van der Waals surface area contributed by atoms with Crippen molar-refractivity contribution >= 4 is 27.4 Å². The van der Waals surface area contributed by atoms with Crippen LogP contribution in [0.15, 0.2) is 76.5 Å². The second-order valence-electron chi connectivity index (χ2n) is 7.51. The molecule has 0 unspecified atom stereocenters. The summed E-state index contributed by atoms with van der Waals surface area (Å²) in [5, 5.41) is 32.7. The van der Waals surface area contributed by atoms with E-state index in [4.69, 9.17) is 16.7 Å². The molecule has 0 aliphatic carbocycles. The molecule has 0 amide bonds. The third kappa shape index (κ3) is 6.33. The number of carboxylic acid groups (broad SMARTS) is 1. The van der Waals surface area contributed by atoms with E-state index in [0.29, 0.717) is 24.5 Å². The smallest absolute Gasteiger partial charge is 0.339 e. The Labute approximate surface area is 197 Å². The fourth-order valence-corrected chi connectivity index (χ4v) is 4.80. The van der Waals surface area contributed by atoms with Crippen LogP contribution in [-0.2, 0) is 16.3 Å². The van der Waals surface area contributed by atoms with E-state index in [1.54, 1.807) is 30.3 Å². The lowest BCUT2D eigenvalue weighted by Crippen LogP contribution is -2.22. The maximum absolute atomic E-state index is 12.8. The molecule has 0 heterocycles. The number of aromatic hydroxyl groups is 1. The Bertz CT molecular complexity index is 1230. The normalized spacial score (nSPS) is 12.4. The molecule has 33 heavy (non-hydrogen) atoms. The molecule has 0 bridgehead atoms. The van der Waals surface area contributed by atoms with Crippen LogP contribution in [-0.4, -0.2) is 42.8 Å². The van der Waals surface area contributed by atoms with Gasteiger partial charge in [0.2, 0.25) is 9.84 Å². The summed E-state index contributed by atoms with van der Waals surface area (Å²) in [6.45, 7) is 1.06. The maximum atomic E-state index is 12.8. The maximum Gasteiger partial charge on any atom is 0.339 e. The van der Waals surface area contributed by atoms with Crippen LogP contribution in [0.1, 0.15) is 34.0 Å². The van der Waals surface area contributed by atoms with Crippen molar-refractivity contribution in [1.29, 1.82) is 0 Å². The molecule has 7 nitrogen and oxygen atoms in total. The van der Waals surface area contributed by atoms with Crippen molar-refractivity contribution in [3.63, 3.8) is 0 Å². The highest BCUT2D eigenvalue weighted by atomic mass is 35.5. The highest BCUT2D eigenvalue weighted by Crippen LogP contribution is 2.26. The number of benzene rings is 3. The number of rotatable bonds is 10. The quantitative estimate of drug-likeness (QED) is 0.319. The minimum atomic E-state index is -3.92. The van der Waals surface area contributed by atoms with Crippen LogP contribution in [0.5, 0.6) is 5.75 Å².